The summed E-state index contributed by atoms with van der Waals surface area (Å²) in [4.78, 5) is 8.96. The number of nitrogens with zero attached hydrogens (tertiary/aromatic N) is 2. The maximum atomic E-state index is 5.18. The van der Waals surface area contributed by atoms with Crippen LogP contribution in [-0.4, -0.2) is 31.6 Å². The highest BCUT2D eigenvalue weighted by Crippen LogP contribution is 2.25. The number of hydrogen-bond acceptors (Lipinski definition) is 4. The summed E-state index contributed by atoms with van der Waals surface area (Å²) in [7, 11) is 3.46. The van der Waals surface area contributed by atoms with Gasteiger partial charge in [-0.25, -0.2) is 4.98 Å². The molecule has 0 unspecified atom stereocenters. The second-order valence-corrected chi connectivity index (χ2v) is 7.70. The lowest BCUT2D eigenvalue weighted by atomic mass is 9.98. The maximum Gasteiger partial charge on any atom is 0.191 e. The van der Waals surface area contributed by atoms with Gasteiger partial charge in [-0.2, -0.15) is 0 Å². The lowest BCUT2D eigenvalue weighted by Crippen LogP contribution is -2.37. The smallest absolute Gasteiger partial charge is 0.191 e. The fourth-order valence-corrected chi connectivity index (χ4v) is 3.15. The second-order valence-electron chi connectivity index (χ2n) is 6.84. The molecule has 0 atom stereocenters. The monoisotopic (exact) mass is 360 g/mol. The van der Waals surface area contributed by atoms with E-state index in [9.17, 15) is 0 Å². The van der Waals surface area contributed by atoms with E-state index < -0.39 is 0 Å². The van der Waals surface area contributed by atoms with Crippen LogP contribution in [0.4, 0.5) is 0 Å². The van der Waals surface area contributed by atoms with E-state index in [-0.39, 0.29) is 5.41 Å². The fourth-order valence-electron chi connectivity index (χ4n) is 2.24. The Morgan fingerprint density at radius 2 is 1.92 bits per heavy atom. The number of guanidine groups is 1. The van der Waals surface area contributed by atoms with Crippen LogP contribution in [0.1, 0.15) is 37.0 Å². The van der Waals surface area contributed by atoms with Crippen LogP contribution < -0.4 is 15.4 Å². The Kier molecular flexibility index (Phi) is 6.82. The van der Waals surface area contributed by atoms with Gasteiger partial charge in [-0.1, -0.05) is 32.9 Å². The normalized spacial score (nSPS) is 12.1. The number of aliphatic imine (C=N–C) groups is 1. The molecule has 0 fully saturated rings. The van der Waals surface area contributed by atoms with Crippen molar-refractivity contribution in [3.05, 3.63) is 45.9 Å². The molecule has 0 bridgehead atoms. The minimum absolute atomic E-state index is 0.0984. The van der Waals surface area contributed by atoms with Gasteiger partial charge in [0.2, 0.25) is 0 Å². The lowest BCUT2D eigenvalue weighted by Gasteiger charge is -2.14. The van der Waals surface area contributed by atoms with Gasteiger partial charge in [0, 0.05) is 24.4 Å². The van der Waals surface area contributed by atoms with Gasteiger partial charge in [0.15, 0.2) is 5.96 Å². The Bertz CT molecular complexity index is 686. The van der Waals surface area contributed by atoms with E-state index in [1.807, 2.05) is 12.1 Å². The molecule has 1 aromatic carbocycles. The summed E-state index contributed by atoms with van der Waals surface area (Å²) in [6.07, 6.45) is 0.926. The van der Waals surface area contributed by atoms with Crippen LogP contribution in [0, 0.1) is 0 Å². The summed E-state index contributed by atoms with van der Waals surface area (Å²) in [5, 5.41) is 9.92. The third-order valence-corrected chi connectivity index (χ3v) is 5.04. The van der Waals surface area contributed by atoms with Crippen LogP contribution in [-0.2, 0) is 18.4 Å². The lowest BCUT2D eigenvalue weighted by molar-refractivity contribution is 0.414. The third-order valence-electron chi connectivity index (χ3n) is 3.72. The van der Waals surface area contributed by atoms with E-state index in [0.717, 1.165) is 35.4 Å². The Hall–Kier alpha value is -2.08. The van der Waals surface area contributed by atoms with Gasteiger partial charge in [-0.15, -0.1) is 11.3 Å². The molecule has 0 radical (unpaired) electrons. The van der Waals surface area contributed by atoms with Crippen molar-refractivity contribution >= 4 is 17.3 Å². The quantitative estimate of drug-likeness (QED) is 0.613. The van der Waals surface area contributed by atoms with Crippen molar-refractivity contribution in [1.29, 1.82) is 0 Å². The number of nitrogens with one attached hydrogen (secondary N) is 2. The van der Waals surface area contributed by atoms with Gasteiger partial charge in [0.25, 0.3) is 0 Å². The number of aromatic nitrogens is 1. The minimum Gasteiger partial charge on any atom is -0.497 e. The molecule has 0 aliphatic rings. The summed E-state index contributed by atoms with van der Waals surface area (Å²) in [6, 6.07) is 8.13. The third kappa shape index (κ3) is 6.05. The SMILES string of the molecule is CN=C(NCCc1ccc(OC)cc1)NCc1csc(C(C)(C)C)n1. The fraction of sp³-hybridized carbons (Fsp3) is 0.474. The van der Waals surface area contributed by atoms with Crippen molar-refractivity contribution in [1.82, 2.24) is 15.6 Å². The Morgan fingerprint density at radius 1 is 1.20 bits per heavy atom. The van der Waals surface area contributed by atoms with Gasteiger partial charge in [0.05, 0.1) is 24.4 Å². The summed E-state index contributed by atoms with van der Waals surface area (Å²) in [6.45, 7) is 8.04. The highest BCUT2D eigenvalue weighted by molar-refractivity contribution is 7.09. The molecule has 0 aliphatic carbocycles. The molecular weight excluding hydrogens is 332 g/mol. The standard InChI is InChI=1S/C19H28N4OS/c1-19(2,3)17-23-15(13-25-17)12-22-18(20-4)21-11-10-14-6-8-16(24-5)9-7-14/h6-9,13H,10-12H2,1-5H3,(H2,20,21,22). The molecule has 1 heterocycles. The summed E-state index contributed by atoms with van der Waals surface area (Å²) in [5.41, 5.74) is 2.41. The van der Waals surface area contributed by atoms with Crippen LogP contribution in [0.5, 0.6) is 5.75 Å². The molecule has 0 amide bonds. The molecule has 2 N–H and O–H groups in total. The first kappa shape index (κ1) is 19.2. The van der Waals surface area contributed by atoms with Crippen molar-refractivity contribution in [3.8, 4) is 5.75 Å². The van der Waals surface area contributed by atoms with Crippen LogP contribution >= 0.6 is 11.3 Å². The summed E-state index contributed by atoms with van der Waals surface area (Å²) < 4.78 is 5.18. The Labute approximate surface area is 154 Å². The number of ether oxygens (including phenoxy) is 1. The van der Waals surface area contributed by atoms with Crippen LogP contribution in [0.25, 0.3) is 0 Å². The van der Waals surface area contributed by atoms with E-state index in [0.29, 0.717) is 6.54 Å². The Morgan fingerprint density at radius 3 is 2.48 bits per heavy atom. The first-order valence-corrected chi connectivity index (χ1v) is 9.32. The molecule has 5 nitrogen and oxygen atoms in total. The topological polar surface area (TPSA) is 58.5 Å². The van der Waals surface area contributed by atoms with E-state index in [1.54, 1.807) is 25.5 Å². The predicted molar refractivity (Wildman–Crippen MR) is 106 cm³/mol. The molecule has 2 aromatic rings. The molecule has 1 aromatic heterocycles. The molecule has 25 heavy (non-hydrogen) atoms. The van der Waals surface area contributed by atoms with E-state index in [2.05, 4.69) is 53.9 Å². The van der Waals surface area contributed by atoms with Gasteiger partial charge in [-0.3, -0.25) is 4.99 Å². The number of rotatable bonds is 6. The van der Waals surface area contributed by atoms with Gasteiger partial charge >= 0.3 is 0 Å². The van der Waals surface area contributed by atoms with Crippen LogP contribution in [0.3, 0.4) is 0 Å². The molecule has 0 saturated carbocycles. The highest BCUT2D eigenvalue weighted by atomic mass is 32.1. The van der Waals surface area contributed by atoms with Crippen LogP contribution in [0.15, 0.2) is 34.6 Å². The van der Waals surface area contributed by atoms with Gasteiger partial charge in [0.1, 0.15) is 5.75 Å². The zero-order valence-corrected chi connectivity index (χ0v) is 16.5. The van der Waals surface area contributed by atoms with Crippen molar-refractivity contribution in [2.75, 3.05) is 20.7 Å². The number of benzene rings is 1. The molecule has 0 spiro atoms. The Balaban J connectivity index is 1.77. The molecule has 2 rings (SSSR count). The minimum atomic E-state index is 0.0984. The summed E-state index contributed by atoms with van der Waals surface area (Å²) in [5.74, 6) is 1.67. The molecular formula is C19H28N4OS. The highest BCUT2D eigenvalue weighted by Gasteiger charge is 2.17. The number of hydrogen-bond donors (Lipinski definition) is 2. The number of methoxy groups -OCH3 is 1. The second kappa shape index (κ2) is 8.85. The largest absolute Gasteiger partial charge is 0.497 e. The van der Waals surface area contributed by atoms with Crippen LogP contribution in [0.2, 0.25) is 0 Å². The average molecular weight is 361 g/mol. The first-order chi connectivity index (χ1) is 11.9. The van der Waals surface area contributed by atoms with E-state index in [4.69, 9.17) is 9.72 Å². The van der Waals surface area contributed by atoms with Crippen molar-refractivity contribution < 1.29 is 4.74 Å². The van der Waals surface area contributed by atoms with E-state index >= 15 is 0 Å². The number of thiazole rings is 1. The zero-order valence-electron chi connectivity index (χ0n) is 15.7. The van der Waals surface area contributed by atoms with Gasteiger partial charge < -0.3 is 15.4 Å². The zero-order chi connectivity index (χ0) is 18.3. The summed E-state index contributed by atoms with van der Waals surface area (Å²) >= 11 is 1.71. The first-order valence-electron chi connectivity index (χ1n) is 8.44. The molecule has 6 heteroatoms. The van der Waals surface area contributed by atoms with Gasteiger partial charge in [-0.05, 0) is 24.1 Å². The van der Waals surface area contributed by atoms with Crippen molar-refractivity contribution in [2.24, 2.45) is 4.99 Å². The average Bonchev–Trinajstić information content (AvgIpc) is 3.08. The van der Waals surface area contributed by atoms with Crippen molar-refractivity contribution in [2.45, 2.75) is 39.2 Å². The predicted octanol–water partition coefficient (Wildman–Crippen LogP) is 3.36. The molecule has 0 saturated heterocycles. The molecule has 0 aliphatic heterocycles. The van der Waals surface area contributed by atoms with Crippen molar-refractivity contribution in [3.63, 3.8) is 0 Å². The molecule has 136 valence electrons. The van der Waals surface area contributed by atoms with E-state index in [1.165, 1.54) is 5.56 Å². The maximum absolute atomic E-state index is 5.18.